The number of hydrogen-bond acceptors (Lipinski definition) is 3. The normalized spacial score (nSPS) is 16.6. The van der Waals surface area contributed by atoms with E-state index in [4.69, 9.17) is 5.11 Å². The topological polar surface area (TPSA) is 81.7 Å². The van der Waals surface area contributed by atoms with E-state index in [0.29, 0.717) is 13.0 Å². The van der Waals surface area contributed by atoms with Crippen molar-refractivity contribution in [3.05, 3.63) is 0 Å². The van der Waals surface area contributed by atoms with Crippen LogP contribution in [-0.2, 0) is 4.79 Å². The molecular weight excluding hydrogens is 270 g/mol. The molecule has 122 valence electrons. The van der Waals surface area contributed by atoms with Gasteiger partial charge >= 0.3 is 12.0 Å². The summed E-state index contributed by atoms with van der Waals surface area (Å²) in [5.41, 5.74) is 0. The molecule has 1 fully saturated rings. The van der Waals surface area contributed by atoms with Crippen LogP contribution in [0.3, 0.4) is 0 Å². The molecule has 1 aliphatic heterocycles. The average molecular weight is 299 g/mol. The number of carboxylic acid groups (broad SMARTS) is 1. The van der Waals surface area contributed by atoms with E-state index in [9.17, 15) is 9.59 Å². The molecular formula is C15H29N3O3. The van der Waals surface area contributed by atoms with Crippen molar-refractivity contribution in [1.29, 1.82) is 0 Å². The molecule has 6 heteroatoms. The Bertz CT molecular complexity index is 315. The van der Waals surface area contributed by atoms with Crippen molar-refractivity contribution >= 4 is 12.0 Å². The number of urea groups is 1. The number of rotatable bonds is 9. The van der Waals surface area contributed by atoms with Gasteiger partial charge < -0.3 is 20.6 Å². The molecule has 0 aromatic heterocycles. The molecule has 1 saturated heterocycles. The predicted octanol–water partition coefficient (Wildman–Crippen LogP) is 1.66. The molecule has 21 heavy (non-hydrogen) atoms. The van der Waals surface area contributed by atoms with Crippen molar-refractivity contribution in [2.75, 3.05) is 33.2 Å². The monoisotopic (exact) mass is 299 g/mol. The second-order valence-electron chi connectivity index (χ2n) is 5.92. The number of carboxylic acids is 1. The highest BCUT2D eigenvalue weighted by Crippen LogP contribution is 2.18. The van der Waals surface area contributed by atoms with Crippen LogP contribution in [0.15, 0.2) is 0 Å². The van der Waals surface area contributed by atoms with Crippen molar-refractivity contribution in [3.63, 3.8) is 0 Å². The molecule has 0 aromatic carbocycles. The van der Waals surface area contributed by atoms with Gasteiger partial charge in [0.15, 0.2) is 0 Å². The summed E-state index contributed by atoms with van der Waals surface area (Å²) < 4.78 is 0. The Morgan fingerprint density at radius 2 is 1.76 bits per heavy atom. The number of hydrogen-bond donors (Lipinski definition) is 3. The van der Waals surface area contributed by atoms with Crippen LogP contribution in [0.4, 0.5) is 4.79 Å². The van der Waals surface area contributed by atoms with E-state index in [-0.39, 0.29) is 12.5 Å². The predicted molar refractivity (Wildman–Crippen MR) is 82.3 cm³/mol. The number of unbranched alkanes of at least 4 members (excludes halogenated alkanes) is 2. The Labute approximate surface area is 127 Å². The third kappa shape index (κ3) is 9.28. The standard InChI is InChI=1S/C15H29N3O3/c1-18-11-7-13(8-12-18)6-10-17-15(21)16-9-4-2-3-5-14(19)20/h13H,2-12H2,1H3,(H,19,20)(H2,16,17,21). The fourth-order valence-electron chi connectivity index (χ4n) is 2.58. The number of carbonyl (C=O) groups is 2. The van der Waals surface area contributed by atoms with Crippen LogP contribution < -0.4 is 10.6 Å². The Hall–Kier alpha value is -1.30. The largest absolute Gasteiger partial charge is 0.481 e. The number of amides is 2. The third-order valence-electron chi connectivity index (χ3n) is 4.03. The van der Waals surface area contributed by atoms with Gasteiger partial charge in [0.25, 0.3) is 0 Å². The van der Waals surface area contributed by atoms with E-state index < -0.39 is 5.97 Å². The Morgan fingerprint density at radius 1 is 1.10 bits per heavy atom. The van der Waals surface area contributed by atoms with Crippen LogP contribution in [0.25, 0.3) is 0 Å². The van der Waals surface area contributed by atoms with E-state index in [1.54, 1.807) is 0 Å². The lowest BCUT2D eigenvalue weighted by molar-refractivity contribution is -0.137. The first-order valence-corrected chi connectivity index (χ1v) is 8.00. The first kappa shape index (κ1) is 17.8. The minimum Gasteiger partial charge on any atom is -0.481 e. The lowest BCUT2D eigenvalue weighted by atomic mass is 9.94. The van der Waals surface area contributed by atoms with E-state index in [2.05, 4.69) is 22.6 Å². The van der Waals surface area contributed by atoms with Crippen LogP contribution >= 0.6 is 0 Å². The molecule has 2 amide bonds. The zero-order chi connectivity index (χ0) is 15.5. The van der Waals surface area contributed by atoms with E-state index in [0.717, 1.165) is 44.8 Å². The summed E-state index contributed by atoms with van der Waals surface area (Å²) in [6.45, 7) is 3.67. The summed E-state index contributed by atoms with van der Waals surface area (Å²) >= 11 is 0. The molecule has 0 radical (unpaired) electrons. The molecule has 0 aromatic rings. The van der Waals surface area contributed by atoms with Crippen molar-refractivity contribution in [2.24, 2.45) is 5.92 Å². The third-order valence-corrected chi connectivity index (χ3v) is 4.03. The number of nitrogens with zero attached hydrogens (tertiary/aromatic N) is 1. The minimum atomic E-state index is -0.755. The zero-order valence-corrected chi connectivity index (χ0v) is 13.1. The number of piperidine rings is 1. The van der Waals surface area contributed by atoms with Crippen LogP contribution in [0.1, 0.15) is 44.9 Å². The Morgan fingerprint density at radius 3 is 2.43 bits per heavy atom. The van der Waals surface area contributed by atoms with Crippen LogP contribution in [-0.4, -0.2) is 55.2 Å². The number of nitrogens with one attached hydrogen (secondary N) is 2. The maximum absolute atomic E-state index is 11.6. The summed E-state index contributed by atoms with van der Waals surface area (Å²) in [5.74, 6) is -0.0212. The summed E-state index contributed by atoms with van der Waals surface area (Å²) in [5, 5.41) is 14.2. The molecule has 0 unspecified atom stereocenters. The maximum atomic E-state index is 11.6. The van der Waals surface area contributed by atoms with Crippen LogP contribution in [0.5, 0.6) is 0 Å². The van der Waals surface area contributed by atoms with Crippen molar-refractivity contribution < 1.29 is 14.7 Å². The number of likely N-dealkylation sites (tertiary alicyclic amines) is 1. The molecule has 6 nitrogen and oxygen atoms in total. The van der Waals surface area contributed by atoms with Gasteiger partial charge in [-0.1, -0.05) is 6.42 Å². The van der Waals surface area contributed by atoms with E-state index >= 15 is 0 Å². The highest BCUT2D eigenvalue weighted by atomic mass is 16.4. The van der Waals surface area contributed by atoms with Crippen LogP contribution in [0, 0.1) is 5.92 Å². The Balaban J connectivity index is 1.90. The molecule has 1 rings (SSSR count). The molecule has 0 saturated carbocycles. The molecule has 0 atom stereocenters. The first-order chi connectivity index (χ1) is 10.1. The zero-order valence-electron chi connectivity index (χ0n) is 13.1. The smallest absolute Gasteiger partial charge is 0.314 e. The highest BCUT2D eigenvalue weighted by molar-refractivity contribution is 5.73. The lowest BCUT2D eigenvalue weighted by Crippen LogP contribution is -2.38. The molecule has 3 N–H and O–H groups in total. The summed E-state index contributed by atoms with van der Waals surface area (Å²) in [7, 11) is 2.15. The van der Waals surface area contributed by atoms with Gasteiger partial charge in [0, 0.05) is 19.5 Å². The molecule has 0 spiro atoms. The van der Waals surface area contributed by atoms with Gasteiger partial charge in [-0.2, -0.15) is 0 Å². The summed E-state index contributed by atoms with van der Waals surface area (Å²) in [6.07, 6.45) is 6.06. The van der Waals surface area contributed by atoms with Gasteiger partial charge in [-0.3, -0.25) is 4.79 Å². The molecule has 0 bridgehead atoms. The Kier molecular flexibility index (Phi) is 8.82. The number of carbonyl (C=O) groups excluding carboxylic acids is 1. The van der Waals surface area contributed by atoms with Gasteiger partial charge in [-0.15, -0.1) is 0 Å². The quantitative estimate of drug-likeness (QED) is 0.566. The second kappa shape index (κ2) is 10.4. The molecule has 1 aliphatic rings. The van der Waals surface area contributed by atoms with E-state index in [1.807, 2.05) is 0 Å². The van der Waals surface area contributed by atoms with Gasteiger partial charge in [0.05, 0.1) is 0 Å². The number of aliphatic carboxylic acids is 1. The van der Waals surface area contributed by atoms with Crippen molar-refractivity contribution in [3.8, 4) is 0 Å². The van der Waals surface area contributed by atoms with E-state index in [1.165, 1.54) is 12.8 Å². The molecule has 0 aliphatic carbocycles. The maximum Gasteiger partial charge on any atom is 0.314 e. The van der Waals surface area contributed by atoms with Crippen molar-refractivity contribution in [2.45, 2.75) is 44.9 Å². The lowest BCUT2D eigenvalue weighted by Gasteiger charge is -2.28. The fraction of sp³-hybridized carbons (Fsp3) is 0.867. The molecule has 1 heterocycles. The van der Waals surface area contributed by atoms with Gasteiger partial charge in [-0.05, 0) is 58.2 Å². The SMILES string of the molecule is CN1CCC(CCNC(=O)NCCCCCC(=O)O)CC1. The first-order valence-electron chi connectivity index (χ1n) is 8.00. The summed E-state index contributed by atoms with van der Waals surface area (Å²) in [4.78, 5) is 24.2. The fourth-order valence-corrected chi connectivity index (χ4v) is 2.58. The minimum absolute atomic E-state index is 0.110. The van der Waals surface area contributed by atoms with Gasteiger partial charge in [0.2, 0.25) is 0 Å². The van der Waals surface area contributed by atoms with Gasteiger partial charge in [-0.25, -0.2) is 4.79 Å². The average Bonchev–Trinajstić information content (AvgIpc) is 2.44. The second-order valence-corrected chi connectivity index (χ2v) is 5.92. The highest BCUT2D eigenvalue weighted by Gasteiger charge is 2.16. The van der Waals surface area contributed by atoms with Crippen LogP contribution in [0.2, 0.25) is 0 Å². The van der Waals surface area contributed by atoms with Crippen molar-refractivity contribution in [1.82, 2.24) is 15.5 Å². The summed E-state index contributed by atoms with van der Waals surface area (Å²) in [6, 6.07) is -0.110. The van der Waals surface area contributed by atoms with Gasteiger partial charge in [0.1, 0.15) is 0 Å².